The highest BCUT2D eigenvalue weighted by Gasteiger charge is 2.04. The molecule has 22 heavy (non-hydrogen) atoms. The molecule has 0 aliphatic rings. The van der Waals surface area contributed by atoms with Crippen molar-refractivity contribution in [2.75, 3.05) is 12.4 Å². The fourth-order valence-electron chi connectivity index (χ4n) is 1.72. The highest BCUT2D eigenvalue weighted by Crippen LogP contribution is 2.27. The predicted octanol–water partition coefficient (Wildman–Crippen LogP) is 5.42. The van der Waals surface area contributed by atoms with Gasteiger partial charge in [-0.2, -0.15) is 0 Å². The molecule has 0 aliphatic heterocycles. The van der Waals surface area contributed by atoms with Crippen molar-refractivity contribution in [2.24, 2.45) is 0 Å². The van der Waals surface area contributed by atoms with E-state index in [2.05, 4.69) is 21.2 Å². The van der Waals surface area contributed by atoms with Gasteiger partial charge in [0.1, 0.15) is 5.75 Å². The minimum absolute atomic E-state index is 0.281. The summed E-state index contributed by atoms with van der Waals surface area (Å²) in [5.41, 5.74) is 1.38. The number of nitrogens with one attached hydrogen (secondary N) is 1. The van der Waals surface area contributed by atoms with Crippen LogP contribution in [0.1, 0.15) is 5.56 Å². The Morgan fingerprint density at radius 3 is 2.64 bits per heavy atom. The van der Waals surface area contributed by atoms with E-state index in [1.165, 1.54) is 6.08 Å². The summed E-state index contributed by atoms with van der Waals surface area (Å²) in [5.74, 6) is 0.450. The number of benzene rings is 2. The Kier molecular flexibility index (Phi) is 5.89. The average molecular weight is 401 g/mol. The lowest BCUT2D eigenvalue weighted by atomic mass is 10.2. The molecule has 0 spiro atoms. The summed E-state index contributed by atoms with van der Waals surface area (Å²) in [5, 5.41) is 3.60. The number of anilines is 1. The number of hydrogen-bond donors (Lipinski definition) is 1. The van der Waals surface area contributed by atoms with Crippen molar-refractivity contribution in [3.05, 3.63) is 62.6 Å². The fraction of sp³-hybridized carbons (Fsp3) is 0.0625. The first-order valence-corrected chi connectivity index (χ1v) is 7.82. The van der Waals surface area contributed by atoms with Crippen molar-refractivity contribution in [2.45, 2.75) is 0 Å². The lowest BCUT2D eigenvalue weighted by Gasteiger charge is -2.05. The third kappa shape index (κ3) is 4.50. The number of hydrogen-bond acceptors (Lipinski definition) is 2. The van der Waals surface area contributed by atoms with E-state index in [1.54, 1.807) is 31.4 Å². The van der Waals surface area contributed by atoms with Crippen LogP contribution in [-0.4, -0.2) is 13.0 Å². The Bertz CT molecular complexity index is 732. The summed E-state index contributed by atoms with van der Waals surface area (Å²) in [7, 11) is 1.60. The van der Waals surface area contributed by atoms with E-state index < -0.39 is 0 Å². The standard InChI is InChI=1S/C16H12BrCl2NO2/c1-22-15-6-2-10(8-12(15)17)3-7-16(21)20-14-5-4-11(18)9-13(14)19/h2-9H,1H3,(H,20,21)/b7-3+. The molecule has 1 N–H and O–H groups in total. The molecule has 0 radical (unpaired) electrons. The van der Waals surface area contributed by atoms with Crippen LogP contribution in [0.4, 0.5) is 5.69 Å². The highest BCUT2D eigenvalue weighted by atomic mass is 79.9. The largest absolute Gasteiger partial charge is 0.496 e. The summed E-state index contributed by atoms with van der Waals surface area (Å²) < 4.78 is 5.97. The van der Waals surface area contributed by atoms with Gasteiger partial charge in [0.25, 0.3) is 0 Å². The van der Waals surface area contributed by atoms with E-state index in [9.17, 15) is 4.79 Å². The van der Waals surface area contributed by atoms with Crippen molar-refractivity contribution in [1.82, 2.24) is 0 Å². The molecule has 2 rings (SSSR count). The molecule has 2 aromatic rings. The van der Waals surface area contributed by atoms with E-state index in [-0.39, 0.29) is 5.91 Å². The zero-order valence-electron chi connectivity index (χ0n) is 11.6. The molecule has 1 amide bonds. The summed E-state index contributed by atoms with van der Waals surface area (Å²) in [6, 6.07) is 10.4. The summed E-state index contributed by atoms with van der Waals surface area (Å²) in [6.07, 6.45) is 3.13. The van der Waals surface area contributed by atoms with E-state index >= 15 is 0 Å². The second-order valence-electron chi connectivity index (χ2n) is 4.34. The molecule has 0 fully saturated rings. The number of amides is 1. The second kappa shape index (κ2) is 7.68. The number of carbonyl (C=O) groups excluding carboxylic acids is 1. The van der Waals surface area contributed by atoms with Gasteiger partial charge in [0.15, 0.2) is 0 Å². The number of ether oxygens (including phenoxy) is 1. The summed E-state index contributed by atoms with van der Waals surface area (Å²) in [6.45, 7) is 0. The van der Waals surface area contributed by atoms with Crippen LogP contribution in [0, 0.1) is 0 Å². The van der Waals surface area contributed by atoms with E-state index in [0.717, 1.165) is 15.8 Å². The van der Waals surface area contributed by atoms with Crippen molar-refractivity contribution in [3.63, 3.8) is 0 Å². The van der Waals surface area contributed by atoms with Gasteiger partial charge in [-0.1, -0.05) is 29.3 Å². The first-order chi connectivity index (χ1) is 10.5. The first-order valence-electron chi connectivity index (χ1n) is 6.27. The average Bonchev–Trinajstić information content (AvgIpc) is 2.48. The molecule has 0 saturated heterocycles. The normalized spacial score (nSPS) is 10.7. The number of halogens is 3. The van der Waals surface area contributed by atoms with Gasteiger partial charge in [0.05, 0.1) is 22.3 Å². The first kappa shape index (κ1) is 16.9. The zero-order valence-corrected chi connectivity index (χ0v) is 14.7. The third-order valence-electron chi connectivity index (χ3n) is 2.79. The Morgan fingerprint density at radius 2 is 2.00 bits per heavy atom. The molecular weight excluding hydrogens is 389 g/mol. The Labute approximate surface area is 147 Å². The Morgan fingerprint density at radius 1 is 1.23 bits per heavy atom. The zero-order chi connectivity index (χ0) is 16.1. The van der Waals surface area contributed by atoms with Crippen molar-refractivity contribution in [1.29, 1.82) is 0 Å². The predicted molar refractivity (Wildman–Crippen MR) is 94.8 cm³/mol. The van der Waals surface area contributed by atoms with Gasteiger partial charge in [0, 0.05) is 11.1 Å². The minimum Gasteiger partial charge on any atom is -0.496 e. The van der Waals surface area contributed by atoms with Crippen LogP contribution in [0.25, 0.3) is 6.08 Å². The minimum atomic E-state index is -0.281. The smallest absolute Gasteiger partial charge is 0.248 e. The van der Waals surface area contributed by atoms with E-state index in [0.29, 0.717) is 15.7 Å². The second-order valence-corrected chi connectivity index (χ2v) is 6.04. The Hall–Kier alpha value is -1.49. The maximum absolute atomic E-state index is 11.9. The Balaban J connectivity index is 2.06. The summed E-state index contributed by atoms with van der Waals surface area (Å²) >= 11 is 15.2. The van der Waals surface area contributed by atoms with Crippen LogP contribution in [0.2, 0.25) is 10.0 Å². The van der Waals surface area contributed by atoms with Crippen LogP contribution in [0.15, 0.2) is 46.9 Å². The van der Waals surface area contributed by atoms with Gasteiger partial charge in [-0.25, -0.2) is 0 Å². The molecule has 0 aliphatic carbocycles. The molecule has 0 atom stereocenters. The maximum Gasteiger partial charge on any atom is 0.248 e. The van der Waals surface area contributed by atoms with Gasteiger partial charge in [-0.05, 0) is 57.9 Å². The topological polar surface area (TPSA) is 38.3 Å². The van der Waals surface area contributed by atoms with Gasteiger partial charge in [-0.15, -0.1) is 0 Å². The molecule has 3 nitrogen and oxygen atoms in total. The lowest BCUT2D eigenvalue weighted by Crippen LogP contribution is -2.08. The monoisotopic (exact) mass is 399 g/mol. The molecule has 2 aromatic carbocycles. The number of carbonyl (C=O) groups is 1. The van der Waals surface area contributed by atoms with Crippen LogP contribution in [-0.2, 0) is 4.79 Å². The van der Waals surface area contributed by atoms with E-state index in [4.69, 9.17) is 27.9 Å². The fourth-order valence-corrected chi connectivity index (χ4v) is 2.74. The van der Waals surface area contributed by atoms with Crippen LogP contribution >= 0.6 is 39.1 Å². The van der Waals surface area contributed by atoms with Gasteiger partial charge >= 0.3 is 0 Å². The quantitative estimate of drug-likeness (QED) is 0.696. The maximum atomic E-state index is 11.9. The molecule has 0 aromatic heterocycles. The molecular formula is C16H12BrCl2NO2. The molecule has 0 bridgehead atoms. The van der Waals surface area contributed by atoms with Crippen LogP contribution < -0.4 is 10.1 Å². The molecule has 0 heterocycles. The third-order valence-corrected chi connectivity index (χ3v) is 3.96. The van der Waals surface area contributed by atoms with Crippen molar-refractivity contribution in [3.8, 4) is 5.75 Å². The highest BCUT2D eigenvalue weighted by molar-refractivity contribution is 9.10. The molecule has 0 saturated carbocycles. The lowest BCUT2D eigenvalue weighted by molar-refractivity contribution is -0.111. The molecule has 0 unspecified atom stereocenters. The number of rotatable bonds is 4. The summed E-state index contributed by atoms with van der Waals surface area (Å²) in [4.78, 5) is 11.9. The molecule has 114 valence electrons. The van der Waals surface area contributed by atoms with Crippen molar-refractivity contribution < 1.29 is 9.53 Å². The number of methoxy groups -OCH3 is 1. The van der Waals surface area contributed by atoms with Gasteiger partial charge in [-0.3, -0.25) is 4.79 Å². The van der Waals surface area contributed by atoms with Gasteiger partial charge < -0.3 is 10.1 Å². The van der Waals surface area contributed by atoms with Crippen LogP contribution in [0.5, 0.6) is 5.75 Å². The molecule has 6 heteroatoms. The van der Waals surface area contributed by atoms with Crippen LogP contribution in [0.3, 0.4) is 0 Å². The van der Waals surface area contributed by atoms with Gasteiger partial charge in [0.2, 0.25) is 5.91 Å². The van der Waals surface area contributed by atoms with Crippen molar-refractivity contribution >= 4 is 56.8 Å². The SMILES string of the molecule is COc1ccc(/C=C/C(=O)Nc2ccc(Cl)cc2Cl)cc1Br. The van der Waals surface area contributed by atoms with E-state index in [1.807, 2.05) is 18.2 Å².